The van der Waals surface area contributed by atoms with E-state index in [4.69, 9.17) is 16.7 Å². The van der Waals surface area contributed by atoms with Crippen molar-refractivity contribution in [2.24, 2.45) is 0 Å². The maximum atomic E-state index is 13.4. The molecule has 84 valence electrons. The second-order valence-corrected chi connectivity index (χ2v) is 3.67. The van der Waals surface area contributed by atoms with Crippen molar-refractivity contribution in [2.45, 2.75) is 19.4 Å². The van der Waals surface area contributed by atoms with Crippen LogP contribution in [-0.2, 0) is 6.42 Å². The summed E-state index contributed by atoms with van der Waals surface area (Å²) in [5, 5.41) is 18.7. The van der Waals surface area contributed by atoms with Crippen molar-refractivity contribution >= 4 is 11.6 Å². The van der Waals surface area contributed by atoms with E-state index in [1.54, 1.807) is 0 Å². The van der Waals surface area contributed by atoms with E-state index in [-0.39, 0.29) is 22.8 Å². The molecular weight excluding hydrogens is 223 g/mol. The van der Waals surface area contributed by atoms with Crippen LogP contribution in [0.1, 0.15) is 12.5 Å². The molecule has 0 fully saturated rings. The monoisotopic (exact) mass is 234 g/mol. The minimum absolute atomic E-state index is 0.0726. The largest absolute Gasteiger partial charge is 0.505 e. The number of benzene rings is 1. The van der Waals surface area contributed by atoms with E-state index < -0.39 is 17.7 Å². The molecule has 0 aliphatic rings. The molecule has 1 atom stereocenters. The molecule has 1 rings (SSSR count). The summed E-state index contributed by atoms with van der Waals surface area (Å²) in [4.78, 5) is 0. The number of phenols is 1. The molecule has 0 bridgehead atoms. The fraction of sp³-hybridized carbons (Fsp3) is 0.400. The number of aliphatic hydroxyl groups is 1. The van der Waals surface area contributed by atoms with Gasteiger partial charge in [0.1, 0.15) is 0 Å². The molecular formula is C10H12ClFO3. The van der Waals surface area contributed by atoms with Gasteiger partial charge in [-0.05, 0) is 13.0 Å². The predicted molar refractivity (Wildman–Crippen MR) is 55.0 cm³/mol. The summed E-state index contributed by atoms with van der Waals surface area (Å²) in [5.41, 5.74) is 0.258. The fourth-order valence-electron chi connectivity index (χ4n) is 1.30. The Morgan fingerprint density at radius 3 is 2.67 bits per heavy atom. The first-order chi connectivity index (χ1) is 6.97. The highest BCUT2D eigenvalue weighted by Gasteiger charge is 2.18. The number of aromatic hydroxyl groups is 1. The number of rotatable bonds is 3. The summed E-state index contributed by atoms with van der Waals surface area (Å²) < 4.78 is 18.1. The summed E-state index contributed by atoms with van der Waals surface area (Å²) in [6.07, 6.45) is -0.549. The van der Waals surface area contributed by atoms with E-state index in [1.165, 1.54) is 20.1 Å². The van der Waals surface area contributed by atoms with Gasteiger partial charge in [0.15, 0.2) is 11.5 Å². The maximum Gasteiger partial charge on any atom is 0.208 e. The highest BCUT2D eigenvalue weighted by atomic mass is 35.5. The molecule has 3 nitrogen and oxygen atoms in total. The lowest BCUT2D eigenvalue weighted by atomic mass is 10.1. The molecule has 0 amide bonds. The first-order valence-corrected chi connectivity index (χ1v) is 4.77. The number of halogens is 2. The lowest BCUT2D eigenvalue weighted by Crippen LogP contribution is -2.05. The topological polar surface area (TPSA) is 49.7 Å². The van der Waals surface area contributed by atoms with Crippen molar-refractivity contribution in [2.75, 3.05) is 7.11 Å². The minimum Gasteiger partial charge on any atom is -0.505 e. The van der Waals surface area contributed by atoms with Gasteiger partial charge in [-0.25, -0.2) is 0 Å². The summed E-state index contributed by atoms with van der Waals surface area (Å²) in [6, 6.07) is 1.38. The van der Waals surface area contributed by atoms with Crippen LogP contribution in [-0.4, -0.2) is 23.4 Å². The Bertz CT molecular complexity index is 366. The third-order valence-corrected chi connectivity index (χ3v) is 2.23. The van der Waals surface area contributed by atoms with Gasteiger partial charge >= 0.3 is 0 Å². The summed E-state index contributed by atoms with van der Waals surface area (Å²) in [7, 11) is 1.26. The van der Waals surface area contributed by atoms with Crippen molar-refractivity contribution in [3.63, 3.8) is 0 Å². The molecule has 2 N–H and O–H groups in total. The molecule has 15 heavy (non-hydrogen) atoms. The van der Waals surface area contributed by atoms with Gasteiger partial charge in [-0.3, -0.25) is 0 Å². The summed E-state index contributed by atoms with van der Waals surface area (Å²) >= 11 is 5.73. The lowest BCUT2D eigenvalue weighted by molar-refractivity contribution is 0.194. The summed E-state index contributed by atoms with van der Waals surface area (Å²) in [5.74, 6) is -1.62. The quantitative estimate of drug-likeness (QED) is 0.842. The molecule has 0 aromatic heterocycles. The van der Waals surface area contributed by atoms with Crippen LogP contribution >= 0.6 is 11.6 Å². The van der Waals surface area contributed by atoms with Crippen LogP contribution in [0.4, 0.5) is 4.39 Å². The van der Waals surface area contributed by atoms with Crippen LogP contribution in [0.2, 0.25) is 5.02 Å². The zero-order chi connectivity index (χ0) is 11.6. The van der Waals surface area contributed by atoms with E-state index in [9.17, 15) is 9.50 Å². The Balaban J connectivity index is 3.21. The molecule has 1 aromatic rings. The predicted octanol–water partition coefficient (Wildman–Crippen LogP) is 2.12. The molecule has 0 heterocycles. The van der Waals surface area contributed by atoms with Crippen LogP contribution in [0.25, 0.3) is 0 Å². The second kappa shape index (κ2) is 4.68. The van der Waals surface area contributed by atoms with E-state index in [1.807, 2.05) is 0 Å². The van der Waals surface area contributed by atoms with Crippen LogP contribution < -0.4 is 4.74 Å². The van der Waals surface area contributed by atoms with Crippen LogP contribution in [0.3, 0.4) is 0 Å². The number of phenolic OH excluding ortho intramolecular Hbond substituents is 1. The van der Waals surface area contributed by atoms with Gasteiger partial charge in [-0.2, -0.15) is 4.39 Å². The summed E-state index contributed by atoms with van der Waals surface area (Å²) in [6.45, 7) is 1.54. The van der Waals surface area contributed by atoms with Gasteiger partial charge < -0.3 is 14.9 Å². The Morgan fingerprint density at radius 2 is 2.20 bits per heavy atom. The first-order valence-electron chi connectivity index (χ1n) is 4.39. The Kier molecular flexibility index (Phi) is 3.77. The Labute approximate surface area is 92.1 Å². The maximum absolute atomic E-state index is 13.4. The number of methoxy groups -OCH3 is 1. The van der Waals surface area contributed by atoms with Gasteiger partial charge in [0, 0.05) is 12.0 Å². The van der Waals surface area contributed by atoms with Crippen molar-refractivity contribution < 1.29 is 19.3 Å². The zero-order valence-corrected chi connectivity index (χ0v) is 9.18. The van der Waals surface area contributed by atoms with Crippen LogP contribution in [0, 0.1) is 5.82 Å². The Hall–Kier alpha value is -1.00. The first kappa shape index (κ1) is 12.1. The van der Waals surface area contributed by atoms with E-state index in [2.05, 4.69) is 4.74 Å². The number of ether oxygens (including phenoxy) is 1. The van der Waals surface area contributed by atoms with Crippen molar-refractivity contribution in [3.05, 3.63) is 22.5 Å². The molecule has 1 unspecified atom stereocenters. The van der Waals surface area contributed by atoms with Crippen LogP contribution in [0.15, 0.2) is 6.07 Å². The number of aliphatic hydroxyl groups excluding tert-OH is 1. The smallest absolute Gasteiger partial charge is 0.208 e. The Morgan fingerprint density at radius 1 is 1.60 bits per heavy atom. The van der Waals surface area contributed by atoms with Crippen molar-refractivity contribution in [1.29, 1.82) is 0 Å². The molecule has 1 aromatic carbocycles. The minimum atomic E-state index is -0.902. The molecule has 0 aliphatic heterocycles. The molecule has 0 spiro atoms. The number of hydrogen-bond acceptors (Lipinski definition) is 3. The average Bonchev–Trinajstić information content (AvgIpc) is 2.14. The number of hydrogen-bond donors (Lipinski definition) is 2. The van der Waals surface area contributed by atoms with Gasteiger partial charge in [-0.15, -0.1) is 0 Å². The molecule has 5 heteroatoms. The highest BCUT2D eigenvalue weighted by molar-refractivity contribution is 6.32. The standard InChI is InChI=1S/C10H12ClFO3/c1-5(13)3-6-4-7(11)10(15-2)8(12)9(6)14/h4-5,13-14H,3H2,1-2H3. The van der Waals surface area contributed by atoms with Gasteiger partial charge in [0.05, 0.1) is 18.2 Å². The molecule has 0 aliphatic carbocycles. The average molecular weight is 235 g/mol. The van der Waals surface area contributed by atoms with Gasteiger partial charge in [0.25, 0.3) is 0 Å². The van der Waals surface area contributed by atoms with Gasteiger partial charge in [-0.1, -0.05) is 11.6 Å². The van der Waals surface area contributed by atoms with Crippen molar-refractivity contribution in [3.8, 4) is 11.5 Å². The second-order valence-electron chi connectivity index (χ2n) is 3.27. The normalized spacial score (nSPS) is 12.6. The third-order valence-electron chi connectivity index (χ3n) is 1.95. The van der Waals surface area contributed by atoms with E-state index in [0.717, 1.165) is 0 Å². The SMILES string of the molecule is COc1c(Cl)cc(CC(C)O)c(O)c1F. The molecule has 0 radical (unpaired) electrons. The van der Waals surface area contributed by atoms with Crippen LogP contribution in [0.5, 0.6) is 11.5 Å². The van der Waals surface area contributed by atoms with E-state index in [0.29, 0.717) is 0 Å². The lowest BCUT2D eigenvalue weighted by Gasteiger charge is -2.11. The zero-order valence-electron chi connectivity index (χ0n) is 8.42. The molecule has 0 saturated heterocycles. The highest BCUT2D eigenvalue weighted by Crippen LogP contribution is 2.36. The van der Waals surface area contributed by atoms with Gasteiger partial charge in [0.2, 0.25) is 5.82 Å². The molecule has 0 saturated carbocycles. The van der Waals surface area contributed by atoms with Crippen molar-refractivity contribution in [1.82, 2.24) is 0 Å². The third kappa shape index (κ3) is 2.52. The van der Waals surface area contributed by atoms with E-state index >= 15 is 0 Å². The fourth-order valence-corrected chi connectivity index (χ4v) is 1.59.